The van der Waals surface area contributed by atoms with Gasteiger partial charge in [0.1, 0.15) is 0 Å². The molecule has 0 saturated carbocycles. The van der Waals surface area contributed by atoms with E-state index in [4.69, 9.17) is 0 Å². The largest absolute Gasteiger partial charge is 0.338 e. The molecule has 1 aromatic carbocycles. The minimum Gasteiger partial charge on any atom is -0.338 e. The van der Waals surface area contributed by atoms with Gasteiger partial charge in [0, 0.05) is 26.2 Å². The monoisotopic (exact) mass is 320 g/mol. The molecular formula is C17H28N4O2. The Kier molecular flexibility index (Phi) is 7.38. The minimum absolute atomic E-state index is 0.128. The zero-order valence-corrected chi connectivity index (χ0v) is 14.8. The lowest BCUT2D eigenvalue weighted by Crippen LogP contribution is -2.42. The summed E-state index contributed by atoms with van der Waals surface area (Å²) in [4.78, 5) is 27.8. The standard InChI is InChI=1S/C17H28N4O2/c1-6-18-16(22)20(8-3)14-11-10-12-15(13(14)5)21(9-4)17(23)19-7-2/h10-12H,6-9H2,1-5H3,(H,18,22)(H,19,23). The Labute approximate surface area is 138 Å². The maximum absolute atomic E-state index is 12.2. The van der Waals surface area contributed by atoms with Gasteiger partial charge in [0.05, 0.1) is 11.4 Å². The molecule has 23 heavy (non-hydrogen) atoms. The number of hydrogen-bond donors (Lipinski definition) is 2. The second-order valence-corrected chi connectivity index (χ2v) is 5.08. The van der Waals surface area contributed by atoms with Gasteiger partial charge >= 0.3 is 12.1 Å². The van der Waals surface area contributed by atoms with Crippen LogP contribution in [0.3, 0.4) is 0 Å². The number of carbonyl (C=O) groups excluding carboxylic acids is 2. The highest BCUT2D eigenvalue weighted by Gasteiger charge is 2.20. The van der Waals surface area contributed by atoms with Crippen LogP contribution in [0.15, 0.2) is 18.2 Å². The van der Waals surface area contributed by atoms with Gasteiger partial charge in [-0.1, -0.05) is 6.07 Å². The summed E-state index contributed by atoms with van der Waals surface area (Å²) < 4.78 is 0. The SMILES string of the molecule is CCNC(=O)N(CC)c1cccc(N(CC)C(=O)NCC)c1C. The van der Waals surface area contributed by atoms with Crippen molar-refractivity contribution in [3.8, 4) is 0 Å². The van der Waals surface area contributed by atoms with Crippen LogP contribution in [0, 0.1) is 6.92 Å². The quantitative estimate of drug-likeness (QED) is 0.846. The zero-order chi connectivity index (χ0) is 17.4. The normalized spacial score (nSPS) is 10.1. The van der Waals surface area contributed by atoms with E-state index < -0.39 is 0 Å². The molecule has 0 aliphatic carbocycles. The third-order valence-electron chi connectivity index (χ3n) is 3.64. The summed E-state index contributed by atoms with van der Waals surface area (Å²) in [5.74, 6) is 0. The van der Waals surface area contributed by atoms with Gasteiger partial charge in [0.15, 0.2) is 0 Å². The van der Waals surface area contributed by atoms with Gasteiger partial charge in [-0.2, -0.15) is 0 Å². The van der Waals surface area contributed by atoms with E-state index in [0.29, 0.717) is 26.2 Å². The van der Waals surface area contributed by atoms with Crippen LogP contribution in [0.1, 0.15) is 33.3 Å². The highest BCUT2D eigenvalue weighted by atomic mass is 16.2. The Morgan fingerprint density at radius 2 is 1.26 bits per heavy atom. The Hall–Kier alpha value is -2.24. The summed E-state index contributed by atoms with van der Waals surface area (Å²) in [7, 11) is 0. The zero-order valence-electron chi connectivity index (χ0n) is 14.8. The summed E-state index contributed by atoms with van der Waals surface area (Å²) in [6.07, 6.45) is 0. The molecule has 0 aliphatic heterocycles. The number of hydrogen-bond acceptors (Lipinski definition) is 2. The van der Waals surface area contributed by atoms with Crippen molar-refractivity contribution in [3.63, 3.8) is 0 Å². The van der Waals surface area contributed by atoms with Crippen molar-refractivity contribution in [3.05, 3.63) is 23.8 Å². The second-order valence-electron chi connectivity index (χ2n) is 5.08. The van der Waals surface area contributed by atoms with Gasteiger partial charge in [-0.15, -0.1) is 0 Å². The van der Waals surface area contributed by atoms with Crippen molar-refractivity contribution in [1.82, 2.24) is 10.6 Å². The predicted molar refractivity (Wildman–Crippen MR) is 95.4 cm³/mol. The highest BCUT2D eigenvalue weighted by Crippen LogP contribution is 2.29. The predicted octanol–water partition coefficient (Wildman–Crippen LogP) is 3.11. The molecule has 0 bridgehead atoms. The first-order chi connectivity index (χ1) is 11.0. The number of rotatable bonds is 6. The van der Waals surface area contributed by atoms with Crippen molar-refractivity contribution < 1.29 is 9.59 Å². The Morgan fingerprint density at radius 3 is 1.57 bits per heavy atom. The lowest BCUT2D eigenvalue weighted by atomic mass is 10.1. The van der Waals surface area contributed by atoms with Crippen LogP contribution < -0.4 is 20.4 Å². The van der Waals surface area contributed by atoms with E-state index in [9.17, 15) is 9.59 Å². The molecule has 6 heteroatoms. The van der Waals surface area contributed by atoms with E-state index in [1.165, 1.54) is 0 Å². The van der Waals surface area contributed by atoms with Gasteiger partial charge in [-0.25, -0.2) is 9.59 Å². The first-order valence-corrected chi connectivity index (χ1v) is 8.21. The van der Waals surface area contributed by atoms with Crippen LogP contribution in [0.4, 0.5) is 21.0 Å². The minimum atomic E-state index is -0.128. The Morgan fingerprint density at radius 1 is 0.870 bits per heavy atom. The molecular weight excluding hydrogens is 292 g/mol. The van der Waals surface area contributed by atoms with Crippen LogP contribution >= 0.6 is 0 Å². The summed E-state index contributed by atoms with van der Waals surface area (Å²) >= 11 is 0. The van der Waals surface area contributed by atoms with Crippen LogP contribution in [-0.4, -0.2) is 38.2 Å². The van der Waals surface area contributed by atoms with Crippen molar-refractivity contribution in [2.75, 3.05) is 36.0 Å². The lowest BCUT2D eigenvalue weighted by molar-refractivity contribution is 0.246. The van der Waals surface area contributed by atoms with Gasteiger partial charge in [0.2, 0.25) is 0 Å². The van der Waals surface area contributed by atoms with E-state index >= 15 is 0 Å². The third kappa shape index (κ3) is 4.37. The first kappa shape index (κ1) is 18.8. The second kappa shape index (κ2) is 9.02. The number of amides is 4. The van der Waals surface area contributed by atoms with Crippen molar-refractivity contribution in [2.24, 2.45) is 0 Å². The molecule has 0 spiro atoms. The number of carbonyl (C=O) groups is 2. The van der Waals surface area contributed by atoms with Crippen molar-refractivity contribution in [2.45, 2.75) is 34.6 Å². The molecule has 0 unspecified atom stereocenters. The molecule has 1 rings (SSSR count). The highest BCUT2D eigenvalue weighted by molar-refractivity contribution is 5.97. The Balaban J connectivity index is 3.23. The fraction of sp³-hybridized carbons (Fsp3) is 0.529. The van der Waals surface area contributed by atoms with Crippen LogP contribution in [0.5, 0.6) is 0 Å². The fourth-order valence-corrected chi connectivity index (χ4v) is 2.54. The van der Waals surface area contributed by atoms with Gasteiger partial charge in [0.25, 0.3) is 0 Å². The molecule has 128 valence electrons. The maximum Gasteiger partial charge on any atom is 0.321 e. The lowest BCUT2D eigenvalue weighted by Gasteiger charge is -2.28. The molecule has 0 aromatic heterocycles. The van der Waals surface area contributed by atoms with Crippen LogP contribution in [0.25, 0.3) is 0 Å². The fourth-order valence-electron chi connectivity index (χ4n) is 2.54. The average molecular weight is 320 g/mol. The third-order valence-corrected chi connectivity index (χ3v) is 3.64. The molecule has 0 aliphatic rings. The summed E-state index contributed by atoms with van der Waals surface area (Å²) in [6.45, 7) is 11.9. The molecule has 4 amide bonds. The topological polar surface area (TPSA) is 64.7 Å². The molecule has 0 atom stereocenters. The molecule has 0 radical (unpaired) electrons. The van der Waals surface area contributed by atoms with Crippen LogP contribution in [-0.2, 0) is 0 Å². The number of benzene rings is 1. The molecule has 6 nitrogen and oxygen atoms in total. The average Bonchev–Trinajstić information content (AvgIpc) is 2.52. The Bertz CT molecular complexity index is 501. The van der Waals surface area contributed by atoms with Gasteiger partial charge in [-0.3, -0.25) is 9.80 Å². The van der Waals surface area contributed by atoms with Gasteiger partial charge < -0.3 is 10.6 Å². The number of nitrogens with one attached hydrogen (secondary N) is 2. The van der Waals surface area contributed by atoms with E-state index in [0.717, 1.165) is 16.9 Å². The van der Waals surface area contributed by atoms with Crippen molar-refractivity contribution in [1.29, 1.82) is 0 Å². The molecule has 2 N–H and O–H groups in total. The molecule has 0 fully saturated rings. The van der Waals surface area contributed by atoms with Crippen LogP contribution in [0.2, 0.25) is 0 Å². The molecule has 0 saturated heterocycles. The number of urea groups is 2. The summed E-state index contributed by atoms with van der Waals surface area (Å²) in [6, 6.07) is 5.43. The summed E-state index contributed by atoms with van der Waals surface area (Å²) in [5.41, 5.74) is 2.55. The maximum atomic E-state index is 12.2. The first-order valence-electron chi connectivity index (χ1n) is 8.21. The summed E-state index contributed by atoms with van der Waals surface area (Å²) in [5, 5.41) is 5.64. The van der Waals surface area contributed by atoms with Gasteiger partial charge in [-0.05, 0) is 52.3 Å². The molecule has 1 aromatic rings. The molecule has 0 heterocycles. The van der Waals surface area contributed by atoms with E-state index in [2.05, 4.69) is 10.6 Å². The van der Waals surface area contributed by atoms with Crippen molar-refractivity contribution >= 4 is 23.4 Å². The number of anilines is 2. The number of nitrogens with zero attached hydrogens (tertiary/aromatic N) is 2. The smallest absolute Gasteiger partial charge is 0.321 e. The van der Waals surface area contributed by atoms with E-state index in [-0.39, 0.29) is 12.1 Å². The van der Waals surface area contributed by atoms with E-state index in [1.54, 1.807) is 9.80 Å². The van der Waals surface area contributed by atoms with E-state index in [1.807, 2.05) is 52.8 Å².